The highest BCUT2D eigenvalue weighted by atomic mass is 19.1. The SMILES string of the molecule is CCN(CC)c1ccc(NC(=O)c2cc3cccnc3n(Cc3ccc(F)cc3)c2=O)c(C)c1. The van der Waals surface area contributed by atoms with Crippen molar-refractivity contribution in [2.24, 2.45) is 0 Å². The number of halogens is 1. The molecular weight excluding hydrogens is 431 g/mol. The summed E-state index contributed by atoms with van der Waals surface area (Å²) >= 11 is 0. The number of rotatable bonds is 7. The van der Waals surface area contributed by atoms with Gasteiger partial charge in [0, 0.05) is 36.0 Å². The number of hydrogen-bond donors (Lipinski definition) is 1. The molecule has 0 atom stereocenters. The Morgan fingerprint density at radius 3 is 2.47 bits per heavy atom. The number of aromatic nitrogens is 2. The van der Waals surface area contributed by atoms with E-state index in [0.717, 1.165) is 29.9 Å². The van der Waals surface area contributed by atoms with E-state index in [1.807, 2.05) is 31.2 Å². The van der Waals surface area contributed by atoms with E-state index < -0.39 is 11.5 Å². The summed E-state index contributed by atoms with van der Waals surface area (Å²) in [7, 11) is 0. The molecule has 4 rings (SSSR count). The van der Waals surface area contributed by atoms with Crippen LogP contribution in [0.2, 0.25) is 0 Å². The summed E-state index contributed by atoms with van der Waals surface area (Å²) in [5.74, 6) is -0.836. The van der Waals surface area contributed by atoms with Crippen molar-refractivity contribution < 1.29 is 9.18 Å². The van der Waals surface area contributed by atoms with E-state index in [1.165, 1.54) is 16.7 Å². The van der Waals surface area contributed by atoms with E-state index >= 15 is 0 Å². The second-order valence-electron chi connectivity index (χ2n) is 8.12. The van der Waals surface area contributed by atoms with Gasteiger partial charge in [-0.05, 0) is 80.4 Å². The van der Waals surface area contributed by atoms with Gasteiger partial charge in [0.15, 0.2) is 0 Å². The molecule has 0 saturated heterocycles. The smallest absolute Gasteiger partial charge is 0.265 e. The predicted molar refractivity (Wildman–Crippen MR) is 134 cm³/mol. The Bertz CT molecular complexity index is 1390. The van der Waals surface area contributed by atoms with Crippen molar-refractivity contribution in [1.82, 2.24) is 9.55 Å². The maximum Gasteiger partial charge on any atom is 0.265 e. The zero-order chi connectivity index (χ0) is 24.2. The van der Waals surface area contributed by atoms with Crippen molar-refractivity contribution in [3.63, 3.8) is 0 Å². The fourth-order valence-electron chi connectivity index (χ4n) is 4.05. The lowest BCUT2D eigenvalue weighted by atomic mass is 10.1. The summed E-state index contributed by atoms with van der Waals surface area (Å²) in [5, 5.41) is 3.56. The Balaban J connectivity index is 1.70. The second kappa shape index (κ2) is 9.87. The summed E-state index contributed by atoms with van der Waals surface area (Å²) in [5.41, 5.74) is 3.41. The Labute approximate surface area is 197 Å². The lowest BCUT2D eigenvalue weighted by Crippen LogP contribution is -2.30. The summed E-state index contributed by atoms with van der Waals surface area (Å²) in [6.07, 6.45) is 1.60. The van der Waals surface area contributed by atoms with Crippen molar-refractivity contribution >= 4 is 28.3 Å². The van der Waals surface area contributed by atoms with Gasteiger partial charge in [0.05, 0.1) is 6.54 Å². The van der Waals surface area contributed by atoms with Gasteiger partial charge in [-0.15, -0.1) is 0 Å². The van der Waals surface area contributed by atoms with Crippen LogP contribution in [-0.2, 0) is 6.54 Å². The van der Waals surface area contributed by atoms with Crippen LogP contribution in [0.25, 0.3) is 11.0 Å². The molecule has 0 fully saturated rings. The highest BCUT2D eigenvalue weighted by molar-refractivity contribution is 6.06. The predicted octanol–water partition coefficient (Wildman–Crippen LogP) is 4.99. The highest BCUT2D eigenvalue weighted by Gasteiger charge is 2.18. The van der Waals surface area contributed by atoms with Gasteiger partial charge in [0.25, 0.3) is 11.5 Å². The van der Waals surface area contributed by atoms with Gasteiger partial charge in [-0.1, -0.05) is 12.1 Å². The van der Waals surface area contributed by atoms with Gasteiger partial charge in [0.2, 0.25) is 0 Å². The average molecular weight is 459 g/mol. The molecular formula is C27H27FN4O2. The molecule has 174 valence electrons. The quantitative estimate of drug-likeness (QED) is 0.424. The van der Waals surface area contributed by atoms with Crippen LogP contribution in [0.15, 0.2) is 71.7 Å². The number of fused-ring (bicyclic) bond motifs is 1. The van der Waals surface area contributed by atoms with Crippen molar-refractivity contribution in [3.8, 4) is 0 Å². The summed E-state index contributed by atoms with van der Waals surface area (Å²) in [4.78, 5) is 33.2. The Morgan fingerprint density at radius 1 is 1.06 bits per heavy atom. The highest BCUT2D eigenvalue weighted by Crippen LogP contribution is 2.23. The molecule has 0 aliphatic carbocycles. The standard InChI is InChI=1S/C27H27FN4O2/c1-4-31(5-2)22-12-13-24(18(3)15-22)30-26(33)23-16-20-7-6-14-29-25(20)32(27(23)34)17-19-8-10-21(28)11-9-19/h6-16H,4-5,17H2,1-3H3,(H,30,33). The number of amides is 1. The molecule has 4 aromatic rings. The summed E-state index contributed by atoms with van der Waals surface area (Å²) in [6.45, 7) is 8.08. The molecule has 0 spiro atoms. The number of benzene rings is 2. The van der Waals surface area contributed by atoms with Crippen LogP contribution in [-0.4, -0.2) is 28.5 Å². The fourth-order valence-corrected chi connectivity index (χ4v) is 4.05. The van der Waals surface area contributed by atoms with Crippen LogP contribution >= 0.6 is 0 Å². The first kappa shape index (κ1) is 23.2. The van der Waals surface area contributed by atoms with Crippen molar-refractivity contribution in [2.45, 2.75) is 27.3 Å². The van der Waals surface area contributed by atoms with Crippen LogP contribution < -0.4 is 15.8 Å². The minimum Gasteiger partial charge on any atom is -0.372 e. The number of carbonyl (C=O) groups is 1. The minimum absolute atomic E-state index is 0.0230. The number of anilines is 2. The normalized spacial score (nSPS) is 10.9. The van der Waals surface area contributed by atoms with Gasteiger partial charge in [-0.2, -0.15) is 0 Å². The van der Waals surface area contributed by atoms with Gasteiger partial charge in [0.1, 0.15) is 17.0 Å². The van der Waals surface area contributed by atoms with Gasteiger partial charge < -0.3 is 10.2 Å². The number of pyridine rings is 2. The number of nitrogens with zero attached hydrogens (tertiary/aromatic N) is 3. The van der Waals surface area contributed by atoms with Crippen LogP contribution in [0, 0.1) is 12.7 Å². The maximum absolute atomic E-state index is 13.4. The Kier molecular flexibility index (Phi) is 6.72. The molecule has 0 radical (unpaired) electrons. The van der Waals surface area contributed by atoms with E-state index in [2.05, 4.69) is 29.0 Å². The average Bonchev–Trinajstić information content (AvgIpc) is 2.84. The first-order valence-electron chi connectivity index (χ1n) is 11.3. The molecule has 0 unspecified atom stereocenters. The zero-order valence-electron chi connectivity index (χ0n) is 19.5. The van der Waals surface area contributed by atoms with E-state index in [9.17, 15) is 14.0 Å². The summed E-state index contributed by atoms with van der Waals surface area (Å²) in [6, 6.07) is 16.9. The van der Waals surface area contributed by atoms with E-state index in [-0.39, 0.29) is 17.9 Å². The number of nitrogens with one attached hydrogen (secondary N) is 1. The fraction of sp³-hybridized carbons (Fsp3) is 0.222. The molecule has 0 aliphatic heterocycles. The zero-order valence-corrected chi connectivity index (χ0v) is 19.5. The molecule has 6 nitrogen and oxygen atoms in total. The Morgan fingerprint density at radius 2 is 1.79 bits per heavy atom. The van der Waals surface area contributed by atoms with Crippen molar-refractivity contribution in [2.75, 3.05) is 23.3 Å². The Hall–Kier alpha value is -4.00. The first-order chi connectivity index (χ1) is 16.4. The molecule has 0 bridgehead atoms. The van der Waals surface area contributed by atoms with Crippen LogP contribution in [0.4, 0.5) is 15.8 Å². The van der Waals surface area contributed by atoms with Crippen molar-refractivity contribution in [1.29, 1.82) is 0 Å². The molecule has 0 saturated carbocycles. The first-order valence-corrected chi connectivity index (χ1v) is 11.3. The van der Waals surface area contributed by atoms with Gasteiger partial charge in [-0.25, -0.2) is 9.37 Å². The lowest BCUT2D eigenvalue weighted by Gasteiger charge is -2.22. The third kappa shape index (κ3) is 4.69. The molecule has 2 aromatic carbocycles. The largest absolute Gasteiger partial charge is 0.372 e. The molecule has 34 heavy (non-hydrogen) atoms. The third-order valence-electron chi connectivity index (χ3n) is 5.93. The summed E-state index contributed by atoms with van der Waals surface area (Å²) < 4.78 is 14.8. The topological polar surface area (TPSA) is 67.2 Å². The van der Waals surface area contributed by atoms with Gasteiger partial charge in [-0.3, -0.25) is 14.2 Å². The number of hydrogen-bond acceptors (Lipinski definition) is 4. The van der Waals surface area contributed by atoms with E-state index in [1.54, 1.807) is 30.5 Å². The number of carbonyl (C=O) groups excluding carboxylic acids is 1. The molecule has 0 aliphatic rings. The van der Waals surface area contributed by atoms with E-state index in [0.29, 0.717) is 16.7 Å². The lowest BCUT2D eigenvalue weighted by molar-refractivity contribution is 0.102. The molecule has 2 heterocycles. The van der Waals surface area contributed by atoms with Gasteiger partial charge >= 0.3 is 0 Å². The van der Waals surface area contributed by atoms with E-state index in [4.69, 9.17) is 0 Å². The van der Waals surface area contributed by atoms with Crippen molar-refractivity contribution in [3.05, 3.63) is 99.7 Å². The van der Waals surface area contributed by atoms with Crippen LogP contribution in [0.5, 0.6) is 0 Å². The third-order valence-corrected chi connectivity index (χ3v) is 5.93. The molecule has 1 N–H and O–H groups in total. The van der Waals surface area contributed by atoms with Crippen LogP contribution in [0.1, 0.15) is 35.3 Å². The number of aryl methyl sites for hydroxylation is 1. The molecule has 7 heteroatoms. The minimum atomic E-state index is -0.484. The maximum atomic E-state index is 13.4. The molecule has 1 amide bonds. The second-order valence-corrected chi connectivity index (χ2v) is 8.12. The van der Waals surface area contributed by atoms with Crippen LogP contribution in [0.3, 0.4) is 0 Å². The molecule has 2 aromatic heterocycles. The monoisotopic (exact) mass is 458 g/mol.